The first kappa shape index (κ1) is 36.4. The van der Waals surface area contributed by atoms with Gasteiger partial charge >= 0.3 is 0 Å². The quantitative estimate of drug-likeness (QED) is 0.174. The van der Waals surface area contributed by atoms with Crippen molar-refractivity contribution in [2.45, 2.75) is 33.1 Å². The molecular weight excluding hydrogens is 745 g/mol. The van der Waals surface area contributed by atoms with Crippen LogP contribution >= 0.6 is 0 Å². The molecule has 0 fully saturated rings. The average Bonchev–Trinajstić information content (AvgIpc) is 3.94. The molecule has 0 saturated carbocycles. The van der Waals surface area contributed by atoms with Gasteiger partial charge in [-0.15, -0.1) is 0 Å². The molecule has 3 heterocycles. The second kappa shape index (κ2) is 14.3. The lowest BCUT2D eigenvalue weighted by molar-refractivity contribution is 0.661. The zero-order valence-electron chi connectivity index (χ0n) is 34.5. The molecule has 61 heavy (non-hydrogen) atoms. The van der Waals surface area contributed by atoms with Crippen LogP contribution in [0, 0.1) is 0 Å². The maximum Gasteiger partial charge on any atom is 0.164 e. The van der Waals surface area contributed by atoms with E-state index in [0.717, 1.165) is 61.0 Å². The fraction of sp³-hybridized carbons (Fsp3) is 0.0893. The number of hydrogen-bond acceptors (Lipinski definition) is 4. The van der Waals surface area contributed by atoms with Gasteiger partial charge in [0.05, 0.1) is 11.0 Å². The monoisotopic (exact) mass is 786 g/mol. The summed E-state index contributed by atoms with van der Waals surface area (Å²) in [6.45, 7) is 8.70. The van der Waals surface area contributed by atoms with E-state index in [1.165, 1.54) is 38.5 Å². The van der Waals surface area contributed by atoms with E-state index < -0.39 is 0 Å². The Bertz CT molecular complexity index is 3410. The van der Waals surface area contributed by atoms with E-state index in [0.29, 0.717) is 17.5 Å². The zero-order valence-corrected chi connectivity index (χ0v) is 34.5. The smallest absolute Gasteiger partial charge is 0.164 e. The third-order valence-electron chi connectivity index (χ3n) is 12.3. The van der Waals surface area contributed by atoms with Gasteiger partial charge < -0.3 is 8.98 Å². The van der Waals surface area contributed by atoms with E-state index >= 15 is 0 Å². The average molecular weight is 787 g/mol. The summed E-state index contributed by atoms with van der Waals surface area (Å²) in [5, 5.41) is 4.61. The molecule has 0 saturated heterocycles. The standard InChI is InChI=1S/C54H36N4O.C2H6/c1-54(2)45-22-12-9-19-37(45)42-31-43-38-20-10-13-23-47(38)58(48(43)32-46(42)54)36-26-27-40(41(30-36)35-25-28-50-44(29-35)39-21-11-14-24-49(39)59-50)53-56-51(33-15-5-3-6-16-33)55-52(57-53)34-17-7-4-8-18-34;1-2/h3-32H,1-2H3;1-2H3. The lowest BCUT2D eigenvalue weighted by Gasteiger charge is -2.22. The molecule has 11 aromatic rings. The highest BCUT2D eigenvalue weighted by Crippen LogP contribution is 2.51. The summed E-state index contributed by atoms with van der Waals surface area (Å²) in [4.78, 5) is 15.4. The Morgan fingerprint density at radius 1 is 0.393 bits per heavy atom. The van der Waals surface area contributed by atoms with Gasteiger partial charge in [-0.2, -0.15) is 0 Å². The molecule has 292 valence electrons. The number of fused-ring (bicyclic) bond motifs is 9. The molecule has 5 nitrogen and oxygen atoms in total. The number of benzene rings is 8. The molecule has 0 amide bonds. The van der Waals surface area contributed by atoms with Gasteiger partial charge in [0, 0.05) is 49.3 Å². The Morgan fingerprint density at radius 2 is 1.02 bits per heavy atom. The molecule has 1 aliphatic rings. The topological polar surface area (TPSA) is 56.7 Å². The van der Waals surface area contributed by atoms with Gasteiger partial charge in [0.25, 0.3) is 0 Å². The third kappa shape index (κ3) is 5.80. The summed E-state index contributed by atoms with van der Waals surface area (Å²) < 4.78 is 8.74. The Kier molecular flexibility index (Phi) is 8.53. The van der Waals surface area contributed by atoms with Crippen molar-refractivity contribution in [1.82, 2.24) is 19.5 Å². The van der Waals surface area contributed by atoms with Gasteiger partial charge in [0.1, 0.15) is 11.2 Å². The molecule has 1 aliphatic carbocycles. The van der Waals surface area contributed by atoms with Crippen LogP contribution < -0.4 is 0 Å². The predicted octanol–water partition coefficient (Wildman–Crippen LogP) is 14.9. The van der Waals surface area contributed by atoms with Crippen LogP contribution in [0.1, 0.15) is 38.8 Å². The van der Waals surface area contributed by atoms with Crippen molar-refractivity contribution in [2.75, 3.05) is 0 Å². The Hall–Kier alpha value is -7.63. The van der Waals surface area contributed by atoms with E-state index in [2.05, 4.69) is 152 Å². The molecule has 0 spiro atoms. The molecule has 0 N–H and O–H groups in total. The van der Waals surface area contributed by atoms with Crippen molar-refractivity contribution in [1.29, 1.82) is 0 Å². The molecule has 12 rings (SSSR count). The van der Waals surface area contributed by atoms with E-state index in [1.807, 2.05) is 62.4 Å². The number of para-hydroxylation sites is 2. The van der Waals surface area contributed by atoms with Crippen molar-refractivity contribution in [3.8, 4) is 62.1 Å². The normalized spacial score (nSPS) is 12.7. The minimum Gasteiger partial charge on any atom is -0.456 e. The molecule has 8 aromatic carbocycles. The van der Waals surface area contributed by atoms with Crippen LogP contribution in [0.4, 0.5) is 0 Å². The van der Waals surface area contributed by atoms with Crippen molar-refractivity contribution < 1.29 is 4.42 Å². The second-order valence-electron chi connectivity index (χ2n) is 16.0. The van der Waals surface area contributed by atoms with Crippen molar-refractivity contribution in [3.05, 3.63) is 193 Å². The molecule has 3 aromatic heterocycles. The molecule has 0 aliphatic heterocycles. The summed E-state index contributed by atoms with van der Waals surface area (Å²) >= 11 is 0. The van der Waals surface area contributed by atoms with Crippen molar-refractivity contribution >= 4 is 43.7 Å². The van der Waals surface area contributed by atoms with Gasteiger partial charge in [-0.3, -0.25) is 0 Å². The third-order valence-corrected chi connectivity index (χ3v) is 12.3. The van der Waals surface area contributed by atoms with Crippen LogP contribution in [0.15, 0.2) is 186 Å². The molecule has 5 heteroatoms. The van der Waals surface area contributed by atoms with Crippen LogP contribution in [0.5, 0.6) is 0 Å². The first-order valence-corrected chi connectivity index (χ1v) is 21.1. The van der Waals surface area contributed by atoms with Crippen molar-refractivity contribution in [3.63, 3.8) is 0 Å². The maximum absolute atomic E-state index is 6.31. The van der Waals surface area contributed by atoms with Gasteiger partial charge in [0.2, 0.25) is 0 Å². The highest BCUT2D eigenvalue weighted by Gasteiger charge is 2.36. The van der Waals surface area contributed by atoms with Crippen LogP contribution in [0.25, 0.3) is 106 Å². The first-order valence-electron chi connectivity index (χ1n) is 21.1. The SMILES string of the molecule is CC.CC1(C)c2ccccc2-c2cc3c4ccccc4n(-c4ccc(-c5nc(-c6ccccc6)nc(-c6ccccc6)n5)c(-c5ccc6oc7ccccc7c6c5)c4)c3cc21. The number of furan rings is 1. The van der Waals surface area contributed by atoms with Gasteiger partial charge in [-0.05, 0) is 88.0 Å². The van der Waals surface area contributed by atoms with E-state index in [-0.39, 0.29) is 5.41 Å². The first-order chi connectivity index (χ1) is 30.0. The molecular formula is C56H42N4O. The van der Waals surface area contributed by atoms with Crippen LogP contribution in [-0.2, 0) is 5.41 Å². The predicted molar refractivity (Wildman–Crippen MR) is 252 cm³/mol. The molecule has 0 bridgehead atoms. The summed E-state index contributed by atoms with van der Waals surface area (Å²) in [6.07, 6.45) is 0. The summed E-state index contributed by atoms with van der Waals surface area (Å²) in [5.74, 6) is 1.86. The summed E-state index contributed by atoms with van der Waals surface area (Å²) in [7, 11) is 0. The minimum absolute atomic E-state index is 0.134. The van der Waals surface area contributed by atoms with E-state index in [1.54, 1.807) is 0 Å². The molecule has 0 unspecified atom stereocenters. The Morgan fingerprint density at radius 3 is 1.77 bits per heavy atom. The summed E-state index contributed by atoms with van der Waals surface area (Å²) in [5.41, 5.74) is 15.2. The maximum atomic E-state index is 6.31. The van der Waals surface area contributed by atoms with Gasteiger partial charge in [-0.25, -0.2) is 15.0 Å². The lowest BCUT2D eigenvalue weighted by Crippen LogP contribution is -2.15. The highest BCUT2D eigenvalue weighted by molar-refractivity contribution is 6.12. The van der Waals surface area contributed by atoms with E-state index in [9.17, 15) is 0 Å². The minimum atomic E-state index is -0.134. The Balaban J connectivity index is 0.00000207. The fourth-order valence-electron chi connectivity index (χ4n) is 9.37. The highest BCUT2D eigenvalue weighted by atomic mass is 16.3. The second-order valence-corrected chi connectivity index (χ2v) is 16.0. The number of aromatic nitrogens is 4. The lowest BCUT2D eigenvalue weighted by atomic mass is 9.82. The van der Waals surface area contributed by atoms with Crippen LogP contribution in [0.2, 0.25) is 0 Å². The largest absolute Gasteiger partial charge is 0.456 e. The van der Waals surface area contributed by atoms with Gasteiger partial charge in [-0.1, -0.05) is 155 Å². The number of nitrogens with zero attached hydrogens (tertiary/aromatic N) is 4. The number of rotatable bonds is 5. The molecule has 0 radical (unpaired) electrons. The Labute approximate surface area is 354 Å². The van der Waals surface area contributed by atoms with E-state index in [4.69, 9.17) is 19.4 Å². The van der Waals surface area contributed by atoms with Crippen molar-refractivity contribution in [2.24, 2.45) is 0 Å². The van der Waals surface area contributed by atoms with Gasteiger partial charge in [0.15, 0.2) is 17.5 Å². The van der Waals surface area contributed by atoms with Crippen LogP contribution in [0.3, 0.4) is 0 Å². The molecule has 0 atom stereocenters. The number of hydrogen-bond donors (Lipinski definition) is 0. The van der Waals surface area contributed by atoms with Crippen LogP contribution in [-0.4, -0.2) is 19.5 Å². The summed E-state index contributed by atoms with van der Waals surface area (Å²) in [6, 6.07) is 64.3. The zero-order chi connectivity index (χ0) is 41.2. The fourth-order valence-corrected chi connectivity index (χ4v) is 9.37.